The van der Waals surface area contributed by atoms with E-state index in [-0.39, 0.29) is 5.56 Å². The molecule has 0 saturated carbocycles. The Morgan fingerprint density at radius 2 is 2.21 bits per heavy atom. The maximum atomic E-state index is 10.9. The third-order valence-electron chi connectivity index (χ3n) is 3.66. The molecular formula is C13H20N4O2. The number of aromatic carboxylic acids is 1. The van der Waals surface area contributed by atoms with Crippen molar-refractivity contribution < 1.29 is 9.90 Å². The molecule has 1 unspecified atom stereocenters. The van der Waals surface area contributed by atoms with Crippen LogP contribution >= 0.6 is 0 Å². The average Bonchev–Trinajstić information content (AvgIpc) is 2.33. The summed E-state index contributed by atoms with van der Waals surface area (Å²) >= 11 is 0. The van der Waals surface area contributed by atoms with E-state index in [1.54, 1.807) is 6.92 Å². The quantitative estimate of drug-likeness (QED) is 0.845. The number of rotatable bonds is 3. The SMILES string of the molecule is Cc1nc(CC2CN(C)CCN2C)ncc1C(=O)O. The molecule has 19 heavy (non-hydrogen) atoms. The minimum Gasteiger partial charge on any atom is -0.478 e. The number of hydrogen-bond acceptors (Lipinski definition) is 5. The Labute approximate surface area is 113 Å². The zero-order valence-electron chi connectivity index (χ0n) is 11.6. The molecule has 6 heteroatoms. The van der Waals surface area contributed by atoms with E-state index in [1.165, 1.54) is 6.20 Å². The normalized spacial score (nSPS) is 21.5. The lowest BCUT2D eigenvalue weighted by Gasteiger charge is -2.37. The van der Waals surface area contributed by atoms with Crippen molar-refractivity contribution in [2.24, 2.45) is 0 Å². The monoisotopic (exact) mass is 264 g/mol. The lowest BCUT2D eigenvalue weighted by Crippen LogP contribution is -2.51. The van der Waals surface area contributed by atoms with Crippen LogP contribution in [0.1, 0.15) is 21.9 Å². The first kappa shape index (κ1) is 13.9. The minimum atomic E-state index is -0.974. The summed E-state index contributed by atoms with van der Waals surface area (Å²) in [5.41, 5.74) is 0.710. The van der Waals surface area contributed by atoms with E-state index in [1.807, 2.05) is 0 Å². The van der Waals surface area contributed by atoms with Crippen molar-refractivity contribution in [3.05, 3.63) is 23.3 Å². The van der Waals surface area contributed by atoms with E-state index in [0.29, 0.717) is 11.7 Å². The number of likely N-dealkylation sites (N-methyl/N-ethyl adjacent to an activating group) is 2. The van der Waals surface area contributed by atoms with Crippen LogP contribution in [0.2, 0.25) is 0 Å². The van der Waals surface area contributed by atoms with E-state index in [9.17, 15) is 4.79 Å². The Morgan fingerprint density at radius 3 is 2.84 bits per heavy atom. The van der Waals surface area contributed by atoms with Crippen molar-refractivity contribution in [1.82, 2.24) is 19.8 Å². The predicted octanol–water partition coefficient (Wildman–Crippen LogP) is 0.272. The molecule has 0 bridgehead atoms. The molecule has 1 saturated heterocycles. The molecule has 104 valence electrons. The fourth-order valence-electron chi connectivity index (χ4n) is 2.36. The zero-order chi connectivity index (χ0) is 14.0. The minimum absolute atomic E-state index is 0.179. The second-order valence-corrected chi connectivity index (χ2v) is 5.19. The smallest absolute Gasteiger partial charge is 0.339 e. The van der Waals surface area contributed by atoms with Gasteiger partial charge in [0.1, 0.15) is 5.82 Å². The number of carboxylic acid groups (broad SMARTS) is 1. The molecule has 0 aliphatic carbocycles. The summed E-state index contributed by atoms with van der Waals surface area (Å²) in [6.45, 7) is 4.81. The van der Waals surface area contributed by atoms with Gasteiger partial charge < -0.3 is 14.9 Å². The van der Waals surface area contributed by atoms with Crippen LogP contribution in [0.4, 0.5) is 0 Å². The standard InChI is InChI=1S/C13H20N4O2/c1-9-11(13(18)19)7-14-12(15-9)6-10-8-16(2)4-5-17(10)3/h7,10H,4-6,8H2,1-3H3,(H,18,19). The topological polar surface area (TPSA) is 69.6 Å². The van der Waals surface area contributed by atoms with Gasteiger partial charge in [-0.3, -0.25) is 0 Å². The lowest BCUT2D eigenvalue weighted by atomic mass is 10.1. The first-order valence-corrected chi connectivity index (χ1v) is 6.42. The van der Waals surface area contributed by atoms with Gasteiger partial charge >= 0.3 is 5.97 Å². The second kappa shape index (κ2) is 5.63. The Hall–Kier alpha value is -1.53. The molecule has 0 amide bonds. The van der Waals surface area contributed by atoms with Crippen LogP contribution in [0.15, 0.2) is 6.20 Å². The second-order valence-electron chi connectivity index (χ2n) is 5.19. The summed E-state index contributed by atoms with van der Waals surface area (Å²) in [6.07, 6.45) is 2.16. The van der Waals surface area contributed by atoms with Crippen LogP contribution in [0, 0.1) is 6.92 Å². The Bertz CT molecular complexity index is 478. The maximum absolute atomic E-state index is 10.9. The van der Waals surface area contributed by atoms with Crippen LogP contribution in [-0.2, 0) is 6.42 Å². The van der Waals surface area contributed by atoms with Gasteiger partial charge in [0, 0.05) is 38.3 Å². The van der Waals surface area contributed by atoms with E-state index >= 15 is 0 Å². The van der Waals surface area contributed by atoms with Crippen LogP contribution in [0.25, 0.3) is 0 Å². The van der Waals surface area contributed by atoms with Gasteiger partial charge in [-0.2, -0.15) is 0 Å². The average molecular weight is 264 g/mol. The lowest BCUT2D eigenvalue weighted by molar-refractivity contribution is 0.0695. The number of carbonyl (C=O) groups is 1. The molecule has 0 spiro atoms. The highest BCUT2D eigenvalue weighted by molar-refractivity contribution is 5.88. The highest BCUT2D eigenvalue weighted by atomic mass is 16.4. The Kier molecular flexibility index (Phi) is 4.11. The summed E-state index contributed by atoms with van der Waals surface area (Å²) in [5, 5.41) is 8.96. The predicted molar refractivity (Wildman–Crippen MR) is 71.3 cm³/mol. The fourth-order valence-corrected chi connectivity index (χ4v) is 2.36. The molecule has 1 fully saturated rings. The molecule has 2 rings (SSSR count). The van der Waals surface area contributed by atoms with E-state index < -0.39 is 5.97 Å². The molecule has 1 N–H and O–H groups in total. The molecule has 1 aliphatic rings. The van der Waals surface area contributed by atoms with Crippen molar-refractivity contribution in [2.45, 2.75) is 19.4 Å². The summed E-state index contributed by atoms with van der Waals surface area (Å²) in [7, 11) is 4.22. The van der Waals surface area contributed by atoms with Crippen molar-refractivity contribution in [1.29, 1.82) is 0 Å². The molecule has 1 atom stereocenters. The highest BCUT2D eigenvalue weighted by Gasteiger charge is 2.23. The van der Waals surface area contributed by atoms with Gasteiger partial charge in [0.05, 0.1) is 11.3 Å². The van der Waals surface area contributed by atoms with Gasteiger partial charge in [-0.05, 0) is 21.0 Å². The van der Waals surface area contributed by atoms with Crippen LogP contribution in [-0.4, -0.2) is 70.6 Å². The number of piperazine rings is 1. The summed E-state index contributed by atoms with van der Waals surface area (Å²) in [6, 6.07) is 0.383. The fraction of sp³-hybridized carbons (Fsp3) is 0.615. The van der Waals surface area contributed by atoms with Crippen molar-refractivity contribution in [3.8, 4) is 0 Å². The molecule has 1 aliphatic heterocycles. The highest BCUT2D eigenvalue weighted by Crippen LogP contribution is 2.11. The van der Waals surface area contributed by atoms with Crippen LogP contribution in [0.3, 0.4) is 0 Å². The van der Waals surface area contributed by atoms with Crippen LogP contribution < -0.4 is 0 Å². The number of hydrogen-bond donors (Lipinski definition) is 1. The Morgan fingerprint density at radius 1 is 1.47 bits per heavy atom. The molecule has 0 aromatic carbocycles. The zero-order valence-corrected chi connectivity index (χ0v) is 11.6. The molecule has 1 aromatic rings. The number of nitrogens with zero attached hydrogens (tertiary/aromatic N) is 4. The molecule has 1 aromatic heterocycles. The number of aryl methyl sites for hydroxylation is 1. The summed E-state index contributed by atoms with van der Waals surface area (Å²) < 4.78 is 0. The number of carboxylic acids is 1. The molecule has 6 nitrogen and oxygen atoms in total. The van der Waals surface area contributed by atoms with Crippen LogP contribution in [0.5, 0.6) is 0 Å². The van der Waals surface area contributed by atoms with Gasteiger partial charge in [-0.25, -0.2) is 14.8 Å². The van der Waals surface area contributed by atoms with Crippen molar-refractivity contribution in [2.75, 3.05) is 33.7 Å². The summed E-state index contributed by atoms with van der Waals surface area (Å²) in [4.78, 5) is 24.0. The third kappa shape index (κ3) is 3.27. The first-order chi connectivity index (χ1) is 8.97. The van der Waals surface area contributed by atoms with E-state index in [2.05, 4.69) is 33.9 Å². The number of aromatic nitrogens is 2. The first-order valence-electron chi connectivity index (χ1n) is 6.42. The third-order valence-corrected chi connectivity index (χ3v) is 3.66. The van der Waals surface area contributed by atoms with Gasteiger partial charge in [-0.15, -0.1) is 0 Å². The molecular weight excluding hydrogens is 244 g/mol. The largest absolute Gasteiger partial charge is 0.478 e. The van der Waals surface area contributed by atoms with Gasteiger partial charge in [0.2, 0.25) is 0 Å². The maximum Gasteiger partial charge on any atom is 0.339 e. The molecule has 0 radical (unpaired) electrons. The van der Waals surface area contributed by atoms with Gasteiger partial charge in [0.15, 0.2) is 0 Å². The van der Waals surface area contributed by atoms with E-state index in [4.69, 9.17) is 5.11 Å². The Balaban J connectivity index is 2.10. The van der Waals surface area contributed by atoms with Gasteiger partial charge in [0.25, 0.3) is 0 Å². The molecule has 2 heterocycles. The van der Waals surface area contributed by atoms with Crippen molar-refractivity contribution in [3.63, 3.8) is 0 Å². The van der Waals surface area contributed by atoms with E-state index in [0.717, 1.165) is 31.9 Å². The summed E-state index contributed by atoms with van der Waals surface area (Å²) in [5.74, 6) is -0.256. The van der Waals surface area contributed by atoms with Gasteiger partial charge in [-0.1, -0.05) is 0 Å². The van der Waals surface area contributed by atoms with Crippen molar-refractivity contribution >= 4 is 5.97 Å².